The minimum atomic E-state index is -4.01. The Bertz CT molecular complexity index is 1050. The molecule has 27 heavy (non-hydrogen) atoms. The number of nitrogens with zero attached hydrogens (tertiary/aromatic N) is 2. The molecule has 0 saturated carbocycles. The lowest BCUT2D eigenvalue weighted by Crippen LogP contribution is -2.29. The molecule has 0 amide bonds. The topological polar surface area (TPSA) is 93.2 Å². The second-order valence-corrected chi connectivity index (χ2v) is 8.64. The number of ether oxygens (including phenoxy) is 1. The van der Waals surface area contributed by atoms with Gasteiger partial charge in [0, 0.05) is 5.02 Å². The van der Waals surface area contributed by atoms with Crippen molar-refractivity contribution in [2.24, 2.45) is 0 Å². The van der Waals surface area contributed by atoms with Crippen LogP contribution in [0.3, 0.4) is 0 Å². The van der Waals surface area contributed by atoms with Gasteiger partial charge in [0.05, 0.1) is 9.92 Å². The first-order valence-corrected chi connectivity index (χ1v) is 10.3. The van der Waals surface area contributed by atoms with Crippen molar-refractivity contribution >= 4 is 49.7 Å². The molecule has 0 saturated heterocycles. The van der Waals surface area contributed by atoms with Crippen molar-refractivity contribution in [2.45, 2.75) is 11.5 Å². The van der Waals surface area contributed by atoms with Gasteiger partial charge < -0.3 is 4.74 Å². The van der Waals surface area contributed by atoms with Gasteiger partial charge in [0.1, 0.15) is 18.2 Å². The summed E-state index contributed by atoms with van der Waals surface area (Å²) in [6.07, 6.45) is 0. The summed E-state index contributed by atoms with van der Waals surface area (Å²) in [6.45, 7) is 0.149. The SMILES string of the molecule is O=S(=O)(NNc1nnc(COc2ccc(Cl)cc2)s1)c1ccc(Cl)c(F)c1. The fourth-order valence-corrected chi connectivity index (χ4v) is 3.62. The third kappa shape index (κ3) is 5.27. The van der Waals surface area contributed by atoms with E-state index in [0.29, 0.717) is 15.8 Å². The second-order valence-electron chi connectivity index (χ2n) is 5.05. The fraction of sp³-hybridized carbons (Fsp3) is 0.0667. The number of hydrogen-bond acceptors (Lipinski definition) is 7. The third-order valence-corrected chi connectivity index (χ3v) is 5.75. The summed E-state index contributed by atoms with van der Waals surface area (Å²) in [6, 6.07) is 9.96. The zero-order valence-electron chi connectivity index (χ0n) is 13.3. The van der Waals surface area contributed by atoms with Gasteiger partial charge in [-0.2, -0.15) is 0 Å². The molecule has 1 aromatic heterocycles. The summed E-state index contributed by atoms with van der Waals surface area (Å²) in [5.74, 6) is -0.230. The number of anilines is 1. The number of nitrogens with one attached hydrogen (secondary N) is 2. The van der Waals surface area contributed by atoms with E-state index >= 15 is 0 Å². The quantitative estimate of drug-likeness (QED) is 0.532. The van der Waals surface area contributed by atoms with E-state index in [9.17, 15) is 12.8 Å². The van der Waals surface area contributed by atoms with Crippen LogP contribution in [0, 0.1) is 5.82 Å². The number of aromatic nitrogens is 2. The van der Waals surface area contributed by atoms with Crippen molar-refractivity contribution in [1.82, 2.24) is 15.0 Å². The molecular weight excluding hydrogens is 438 g/mol. The summed E-state index contributed by atoms with van der Waals surface area (Å²) < 4.78 is 43.3. The molecule has 0 fully saturated rings. The molecule has 0 aliphatic carbocycles. The Balaban J connectivity index is 1.58. The van der Waals surface area contributed by atoms with E-state index in [0.717, 1.165) is 23.5 Å². The molecule has 3 rings (SSSR count). The smallest absolute Gasteiger partial charge is 0.257 e. The van der Waals surface area contributed by atoms with Crippen LogP contribution in [0.4, 0.5) is 9.52 Å². The Kier molecular flexibility index (Phi) is 6.12. The van der Waals surface area contributed by atoms with Crippen LogP contribution in [-0.4, -0.2) is 18.6 Å². The van der Waals surface area contributed by atoms with Crippen LogP contribution in [0.15, 0.2) is 47.4 Å². The molecule has 1 heterocycles. The Morgan fingerprint density at radius 2 is 1.85 bits per heavy atom. The maximum atomic E-state index is 13.4. The molecule has 0 spiro atoms. The van der Waals surface area contributed by atoms with E-state index in [1.807, 2.05) is 0 Å². The molecule has 0 bridgehead atoms. The first-order chi connectivity index (χ1) is 12.8. The molecule has 12 heteroatoms. The predicted octanol–water partition coefficient (Wildman–Crippen LogP) is 3.87. The van der Waals surface area contributed by atoms with Gasteiger partial charge in [0.25, 0.3) is 10.0 Å². The average Bonchev–Trinajstić information content (AvgIpc) is 3.10. The van der Waals surface area contributed by atoms with Gasteiger partial charge in [-0.1, -0.05) is 34.5 Å². The highest BCUT2D eigenvalue weighted by atomic mass is 35.5. The minimum Gasteiger partial charge on any atom is -0.486 e. The predicted molar refractivity (Wildman–Crippen MR) is 101 cm³/mol. The minimum absolute atomic E-state index is 0.149. The molecule has 0 aliphatic rings. The number of halogens is 3. The van der Waals surface area contributed by atoms with Crippen molar-refractivity contribution in [3.63, 3.8) is 0 Å². The number of hydrazine groups is 1. The third-order valence-electron chi connectivity index (χ3n) is 3.14. The van der Waals surface area contributed by atoms with E-state index in [-0.39, 0.29) is 21.7 Å². The van der Waals surface area contributed by atoms with Crippen LogP contribution in [-0.2, 0) is 16.6 Å². The van der Waals surface area contributed by atoms with Crippen LogP contribution in [0.5, 0.6) is 5.75 Å². The summed E-state index contributed by atoms with van der Waals surface area (Å²) in [5, 5.41) is 8.84. The maximum absolute atomic E-state index is 13.4. The Morgan fingerprint density at radius 1 is 1.11 bits per heavy atom. The molecule has 142 valence electrons. The molecule has 0 unspecified atom stereocenters. The Hall–Kier alpha value is -1.98. The largest absolute Gasteiger partial charge is 0.486 e. The molecule has 3 aromatic rings. The Morgan fingerprint density at radius 3 is 2.56 bits per heavy atom. The molecule has 0 atom stereocenters. The van der Waals surface area contributed by atoms with Crippen LogP contribution < -0.4 is 15.0 Å². The number of sulfonamides is 1. The van der Waals surface area contributed by atoms with E-state index < -0.39 is 15.8 Å². The fourth-order valence-electron chi connectivity index (χ4n) is 1.85. The molecule has 2 N–H and O–H groups in total. The zero-order valence-corrected chi connectivity index (χ0v) is 16.5. The van der Waals surface area contributed by atoms with Crippen molar-refractivity contribution < 1.29 is 17.5 Å². The first-order valence-electron chi connectivity index (χ1n) is 7.27. The lowest BCUT2D eigenvalue weighted by molar-refractivity contribution is 0.304. The van der Waals surface area contributed by atoms with E-state index in [4.69, 9.17) is 27.9 Å². The molecule has 7 nitrogen and oxygen atoms in total. The monoisotopic (exact) mass is 448 g/mol. The summed E-state index contributed by atoms with van der Waals surface area (Å²) in [7, 11) is -4.01. The molecule has 0 aliphatic heterocycles. The van der Waals surface area contributed by atoms with Gasteiger partial charge in [0.15, 0.2) is 5.01 Å². The lowest BCUT2D eigenvalue weighted by atomic mass is 10.3. The molecular formula is C15H11Cl2FN4O3S2. The van der Waals surface area contributed by atoms with Crippen LogP contribution in [0.1, 0.15) is 5.01 Å². The van der Waals surface area contributed by atoms with Crippen LogP contribution >= 0.6 is 34.5 Å². The molecule has 2 aromatic carbocycles. The number of rotatable bonds is 7. The van der Waals surface area contributed by atoms with Gasteiger partial charge in [-0.25, -0.2) is 12.8 Å². The van der Waals surface area contributed by atoms with E-state index in [1.54, 1.807) is 24.3 Å². The highest BCUT2D eigenvalue weighted by Crippen LogP contribution is 2.21. The van der Waals surface area contributed by atoms with Crippen molar-refractivity contribution in [3.8, 4) is 5.75 Å². The van der Waals surface area contributed by atoms with Gasteiger partial charge in [-0.3, -0.25) is 5.43 Å². The normalized spacial score (nSPS) is 11.4. The average molecular weight is 449 g/mol. The Labute approximate surface area is 168 Å². The van der Waals surface area contributed by atoms with Crippen molar-refractivity contribution in [3.05, 3.63) is 63.3 Å². The van der Waals surface area contributed by atoms with Gasteiger partial charge >= 0.3 is 0 Å². The number of benzene rings is 2. The highest BCUT2D eigenvalue weighted by molar-refractivity contribution is 7.89. The lowest BCUT2D eigenvalue weighted by Gasteiger charge is -2.07. The highest BCUT2D eigenvalue weighted by Gasteiger charge is 2.16. The summed E-state index contributed by atoms with van der Waals surface area (Å²) >= 11 is 12.4. The van der Waals surface area contributed by atoms with Crippen molar-refractivity contribution in [1.29, 1.82) is 0 Å². The van der Waals surface area contributed by atoms with Gasteiger partial charge in [-0.05, 0) is 42.5 Å². The first kappa shape index (κ1) is 19.8. The molecule has 0 radical (unpaired) electrons. The second kappa shape index (κ2) is 8.36. The van der Waals surface area contributed by atoms with Crippen molar-refractivity contribution in [2.75, 3.05) is 5.43 Å². The van der Waals surface area contributed by atoms with Gasteiger partial charge in [0.2, 0.25) is 5.13 Å². The summed E-state index contributed by atoms with van der Waals surface area (Å²) in [4.78, 5) is 1.81. The van der Waals surface area contributed by atoms with Crippen LogP contribution in [0.25, 0.3) is 0 Å². The van der Waals surface area contributed by atoms with E-state index in [1.165, 1.54) is 6.07 Å². The summed E-state index contributed by atoms with van der Waals surface area (Å²) in [5.41, 5.74) is 2.42. The van der Waals surface area contributed by atoms with Crippen LogP contribution in [0.2, 0.25) is 10.0 Å². The number of hydrogen-bond donors (Lipinski definition) is 2. The van der Waals surface area contributed by atoms with Gasteiger partial charge in [-0.15, -0.1) is 15.0 Å². The zero-order chi connectivity index (χ0) is 19.4. The standard InChI is InChI=1S/C15H11Cl2FN4O3S2/c16-9-1-3-10(4-2-9)25-8-14-19-20-15(26-14)21-22-27(23,24)11-5-6-12(17)13(18)7-11/h1-7,22H,8H2,(H,20,21). The maximum Gasteiger partial charge on any atom is 0.257 e. The van der Waals surface area contributed by atoms with E-state index in [2.05, 4.69) is 20.5 Å².